The minimum atomic E-state index is 1.08. The Balaban J connectivity index is 0.585. The minimum absolute atomic E-state index is 1.08. The maximum atomic E-state index is 2.56. The highest BCUT2D eigenvalue weighted by Gasteiger charge is 2.28. The van der Waals surface area contributed by atoms with Gasteiger partial charge in [-0.05, 0) is 189 Å². The Bertz CT molecular complexity index is 8910. The maximum absolute atomic E-state index is 2.56. The summed E-state index contributed by atoms with van der Waals surface area (Å²) in [6.45, 7) is 0. The molecule has 6 nitrogen and oxygen atoms in total. The molecular weight excluding hydrogens is 1530 g/mol. The van der Waals surface area contributed by atoms with Gasteiger partial charge in [0.05, 0.1) is 83.3 Å². The number of aromatic nitrogens is 6. The van der Waals surface area contributed by atoms with Crippen LogP contribution in [0.25, 0.3) is 243 Å². The van der Waals surface area contributed by atoms with Crippen LogP contribution in [0.3, 0.4) is 0 Å². The Kier molecular flexibility index (Phi) is 16.0. The van der Waals surface area contributed by atoms with E-state index in [0.717, 1.165) is 117 Å². The lowest BCUT2D eigenvalue weighted by Gasteiger charge is -2.20. The Morgan fingerprint density at radius 3 is 0.905 bits per heavy atom. The van der Waals surface area contributed by atoms with E-state index in [1.54, 1.807) is 0 Å². The number of hydrogen-bond donors (Lipinski definition) is 0. The summed E-state index contributed by atoms with van der Waals surface area (Å²) >= 11 is 0. The molecule has 0 aliphatic heterocycles. The van der Waals surface area contributed by atoms with E-state index in [1.165, 1.54) is 126 Å². The van der Waals surface area contributed by atoms with Crippen LogP contribution in [0, 0.1) is 0 Å². The monoisotopic (exact) mass is 1600 g/mol. The van der Waals surface area contributed by atoms with Crippen LogP contribution in [-0.2, 0) is 0 Å². The van der Waals surface area contributed by atoms with Crippen LogP contribution in [0.2, 0.25) is 0 Å². The van der Waals surface area contributed by atoms with E-state index in [-0.39, 0.29) is 0 Å². The SMILES string of the molecule is c1ccc(-c2ccc(-n3c4ccccc4c4cc(-n5c6ccccc6c6cc(-c7cccc8c7c7ccccc7n8-c7c(-c8ccccc8)cccc7-c7cccc(-n8c9ccccc9c9cc(-c%10cccc%11c%10c%10ccccc%10n%11-c%10ccccc%10-c%10ccccc%10-c%10ccccc%10-n%10c%11ccccc%11c%11ccccc%11%10)ccc98)c7)ccc65)ccc43)cc2)cc1. The summed E-state index contributed by atoms with van der Waals surface area (Å²) in [5, 5.41) is 14.5. The molecule has 586 valence electrons. The van der Waals surface area contributed by atoms with Crippen molar-refractivity contribution in [1.29, 1.82) is 0 Å². The predicted octanol–water partition coefficient (Wildman–Crippen LogP) is 31.9. The summed E-state index contributed by atoms with van der Waals surface area (Å²) in [5.74, 6) is 0. The highest BCUT2D eigenvalue weighted by molar-refractivity contribution is 6.21. The van der Waals surface area contributed by atoms with Gasteiger partial charge >= 0.3 is 0 Å². The Morgan fingerprint density at radius 1 is 0.119 bits per heavy atom. The quantitative estimate of drug-likeness (QED) is 0.110. The molecule has 0 spiro atoms. The van der Waals surface area contributed by atoms with Gasteiger partial charge in [-0.3, -0.25) is 0 Å². The standard InChI is InChI=1S/C120H76N6/c1-3-31-77(32-4-1)78-63-67-83(68-64-78)121-104-52-18-15-45-98(104)103-76-85(69-72-115(103)121)123-106-54-20-14-44-97(106)102-75-82(66-71-114(102)123)87-49-30-62-117-119(87)100-47-17-26-60-112(100)126(117)120-88(79-33-5-2-6-34-79)50-28-51-89(120)80-35-27-36-84(73-80)122-105-53-19-13-43-96(105)101-74-81(65-70-113(101)122)86-48-29-61-116-118(86)99-46-16-25-59-111(99)125(116)108-56-22-10-40-93(108)91-38-8-7-37-90(91)92-39-9-21-55-107(92)124-109-57-23-11-41-94(109)95-42-12-24-58-110(95)124/h1-76H. The molecule has 26 rings (SSSR count). The lowest BCUT2D eigenvalue weighted by atomic mass is 9.92. The average molecular weight is 1600 g/mol. The number of para-hydroxylation sites is 10. The summed E-state index contributed by atoms with van der Waals surface area (Å²) in [4.78, 5) is 0. The van der Waals surface area contributed by atoms with Crippen LogP contribution < -0.4 is 0 Å². The molecule has 0 saturated carbocycles. The van der Waals surface area contributed by atoms with Crippen molar-refractivity contribution in [3.63, 3.8) is 0 Å². The molecule has 26 aromatic rings. The third-order valence-electron chi connectivity index (χ3n) is 26.6. The molecule has 126 heavy (non-hydrogen) atoms. The van der Waals surface area contributed by atoms with E-state index in [9.17, 15) is 0 Å². The highest BCUT2D eigenvalue weighted by atomic mass is 15.0. The van der Waals surface area contributed by atoms with Crippen molar-refractivity contribution in [1.82, 2.24) is 27.4 Å². The van der Waals surface area contributed by atoms with Gasteiger partial charge in [-0.25, -0.2) is 0 Å². The molecule has 6 heteroatoms. The van der Waals surface area contributed by atoms with Crippen molar-refractivity contribution in [3.05, 3.63) is 461 Å². The zero-order chi connectivity index (χ0) is 82.6. The van der Waals surface area contributed by atoms with Crippen molar-refractivity contribution < 1.29 is 0 Å². The van der Waals surface area contributed by atoms with E-state index < -0.39 is 0 Å². The third-order valence-corrected chi connectivity index (χ3v) is 26.6. The Morgan fingerprint density at radius 2 is 0.397 bits per heavy atom. The minimum Gasteiger partial charge on any atom is -0.309 e. The second-order valence-electron chi connectivity index (χ2n) is 33.3. The number of nitrogens with zero attached hydrogens (tertiary/aromatic N) is 6. The first kappa shape index (κ1) is 71.0. The van der Waals surface area contributed by atoms with Gasteiger partial charge in [0.1, 0.15) is 0 Å². The molecule has 6 aromatic heterocycles. The molecule has 0 fully saturated rings. The second kappa shape index (κ2) is 28.4. The van der Waals surface area contributed by atoms with E-state index >= 15 is 0 Å². The van der Waals surface area contributed by atoms with E-state index in [0.29, 0.717) is 0 Å². The largest absolute Gasteiger partial charge is 0.309 e. The van der Waals surface area contributed by atoms with Gasteiger partial charge in [-0.1, -0.05) is 328 Å². The summed E-state index contributed by atoms with van der Waals surface area (Å²) in [6, 6.07) is 171. The van der Waals surface area contributed by atoms with Crippen molar-refractivity contribution in [2.45, 2.75) is 0 Å². The van der Waals surface area contributed by atoms with Gasteiger partial charge in [0.25, 0.3) is 0 Å². The van der Waals surface area contributed by atoms with Gasteiger partial charge in [-0.2, -0.15) is 0 Å². The third kappa shape index (κ3) is 10.8. The van der Waals surface area contributed by atoms with Crippen molar-refractivity contribution in [2.75, 3.05) is 0 Å². The Labute approximate surface area is 726 Å². The van der Waals surface area contributed by atoms with Crippen LogP contribution in [0.1, 0.15) is 0 Å². The summed E-state index contributed by atoms with van der Waals surface area (Å²) in [5.41, 5.74) is 36.9. The van der Waals surface area contributed by atoms with E-state index in [4.69, 9.17) is 0 Å². The van der Waals surface area contributed by atoms with Crippen molar-refractivity contribution in [2.24, 2.45) is 0 Å². The molecular formula is C120H76N6. The van der Waals surface area contributed by atoms with Gasteiger partial charge in [-0.15, -0.1) is 0 Å². The fraction of sp³-hybridized carbons (Fsp3) is 0. The molecule has 0 N–H and O–H groups in total. The normalized spacial score (nSPS) is 12.0. The lowest BCUT2D eigenvalue weighted by Crippen LogP contribution is -2.01. The van der Waals surface area contributed by atoms with Gasteiger partial charge in [0, 0.05) is 104 Å². The smallest absolute Gasteiger partial charge is 0.0618 e. The number of fused-ring (bicyclic) bond motifs is 18. The Hall–Kier alpha value is -16.8. The molecule has 0 unspecified atom stereocenters. The van der Waals surface area contributed by atoms with Gasteiger partial charge in [0.2, 0.25) is 0 Å². The van der Waals surface area contributed by atoms with E-state index in [1.807, 2.05) is 0 Å². The van der Waals surface area contributed by atoms with Crippen molar-refractivity contribution >= 4 is 131 Å². The molecule has 0 amide bonds. The van der Waals surface area contributed by atoms with Crippen LogP contribution in [-0.4, -0.2) is 27.4 Å². The summed E-state index contributed by atoms with van der Waals surface area (Å²) in [7, 11) is 0. The predicted molar refractivity (Wildman–Crippen MR) is 531 cm³/mol. The number of hydrogen-bond acceptors (Lipinski definition) is 0. The summed E-state index contributed by atoms with van der Waals surface area (Å²) in [6.07, 6.45) is 0. The van der Waals surface area contributed by atoms with Crippen LogP contribution >= 0.6 is 0 Å². The number of benzene rings is 20. The fourth-order valence-corrected chi connectivity index (χ4v) is 21.3. The van der Waals surface area contributed by atoms with Crippen LogP contribution in [0.4, 0.5) is 0 Å². The topological polar surface area (TPSA) is 29.6 Å². The zero-order valence-corrected chi connectivity index (χ0v) is 68.6. The van der Waals surface area contributed by atoms with Crippen molar-refractivity contribution in [3.8, 4) is 112 Å². The maximum Gasteiger partial charge on any atom is 0.0618 e. The van der Waals surface area contributed by atoms with E-state index in [2.05, 4.69) is 488 Å². The molecule has 0 saturated heterocycles. The van der Waals surface area contributed by atoms with Gasteiger partial charge < -0.3 is 27.4 Å². The lowest BCUT2D eigenvalue weighted by molar-refractivity contribution is 1.17. The first-order valence-corrected chi connectivity index (χ1v) is 43.5. The molecule has 6 heterocycles. The van der Waals surface area contributed by atoms with Crippen LogP contribution in [0.15, 0.2) is 461 Å². The molecule has 0 atom stereocenters. The zero-order valence-electron chi connectivity index (χ0n) is 68.6. The number of rotatable bonds is 13. The fourth-order valence-electron chi connectivity index (χ4n) is 21.3. The average Bonchev–Trinajstić information content (AvgIpc) is 1.56. The summed E-state index contributed by atoms with van der Waals surface area (Å²) < 4.78 is 14.9. The molecule has 0 aliphatic carbocycles. The second-order valence-corrected chi connectivity index (χ2v) is 33.3. The first-order chi connectivity index (χ1) is 62.6. The molecule has 0 aliphatic rings. The van der Waals surface area contributed by atoms with Crippen LogP contribution in [0.5, 0.6) is 0 Å². The molecule has 0 radical (unpaired) electrons. The highest BCUT2D eigenvalue weighted by Crippen LogP contribution is 2.50. The molecule has 0 bridgehead atoms. The van der Waals surface area contributed by atoms with Gasteiger partial charge in [0.15, 0.2) is 0 Å². The molecule has 20 aromatic carbocycles. The first-order valence-electron chi connectivity index (χ1n) is 43.5.